The molecule has 21 heavy (non-hydrogen) atoms. The maximum atomic E-state index is 6.03. The molecule has 0 radical (unpaired) electrons. The SMILES string of the molecule is CCn1nc(C)c2nc(CCl)n(CCc3nc(C)no3)c21. The van der Waals surface area contributed by atoms with Gasteiger partial charge < -0.3 is 9.09 Å². The van der Waals surface area contributed by atoms with Crippen molar-refractivity contribution in [3.8, 4) is 0 Å². The second-order valence-corrected chi connectivity index (χ2v) is 5.14. The Labute approximate surface area is 126 Å². The standard InChI is InChI=1S/C13H17ClN6O/c1-4-20-13-12(8(2)17-20)16-10(7-14)19(13)6-5-11-15-9(3)18-21-11/h4-7H2,1-3H3. The Kier molecular flexibility index (Phi) is 3.67. The number of alkyl halides is 1. The van der Waals surface area contributed by atoms with Crippen LogP contribution in [0.1, 0.15) is 30.2 Å². The van der Waals surface area contributed by atoms with E-state index in [0.717, 1.165) is 29.2 Å². The molecule has 0 amide bonds. The predicted molar refractivity (Wildman–Crippen MR) is 78.2 cm³/mol. The zero-order chi connectivity index (χ0) is 15.0. The molecule has 0 unspecified atom stereocenters. The van der Waals surface area contributed by atoms with Crippen LogP contribution in [0, 0.1) is 13.8 Å². The first-order valence-corrected chi connectivity index (χ1v) is 7.45. The zero-order valence-electron chi connectivity index (χ0n) is 12.3. The van der Waals surface area contributed by atoms with Crippen LogP contribution in [0.15, 0.2) is 4.52 Å². The summed E-state index contributed by atoms with van der Waals surface area (Å²) in [4.78, 5) is 8.82. The van der Waals surface area contributed by atoms with Gasteiger partial charge in [0.2, 0.25) is 5.89 Å². The lowest BCUT2D eigenvalue weighted by Crippen LogP contribution is -2.10. The summed E-state index contributed by atoms with van der Waals surface area (Å²) in [6, 6.07) is 0. The van der Waals surface area contributed by atoms with Gasteiger partial charge in [-0.05, 0) is 20.8 Å². The van der Waals surface area contributed by atoms with Gasteiger partial charge in [-0.2, -0.15) is 10.1 Å². The molecule has 0 saturated heterocycles. The van der Waals surface area contributed by atoms with Crippen LogP contribution in [0.5, 0.6) is 0 Å². The maximum Gasteiger partial charge on any atom is 0.228 e. The third-order valence-corrected chi connectivity index (χ3v) is 3.65. The lowest BCUT2D eigenvalue weighted by Gasteiger charge is -2.07. The van der Waals surface area contributed by atoms with Crippen LogP contribution in [-0.2, 0) is 25.4 Å². The van der Waals surface area contributed by atoms with Crippen LogP contribution in [0.4, 0.5) is 0 Å². The number of hydrogen-bond donors (Lipinski definition) is 0. The smallest absolute Gasteiger partial charge is 0.228 e. The van der Waals surface area contributed by atoms with Crippen LogP contribution >= 0.6 is 11.6 Å². The number of rotatable bonds is 5. The van der Waals surface area contributed by atoms with Crippen LogP contribution < -0.4 is 0 Å². The quantitative estimate of drug-likeness (QED) is 0.676. The molecule has 3 aromatic rings. The number of imidazole rings is 1. The van der Waals surface area contributed by atoms with Crippen molar-refractivity contribution in [3.05, 3.63) is 23.2 Å². The minimum Gasteiger partial charge on any atom is -0.339 e. The summed E-state index contributed by atoms with van der Waals surface area (Å²) >= 11 is 6.03. The van der Waals surface area contributed by atoms with E-state index in [-0.39, 0.29) is 0 Å². The molecule has 0 spiro atoms. The largest absolute Gasteiger partial charge is 0.339 e. The molecule has 0 aliphatic heterocycles. The van der Waals surface area contributed by atoms with E-state index in [1.54, 1.807) is 0 Å². The van der Waals surface area contributed by atoms with Gasteiger partial charge in [-0.3, -0.25) is 0 Å². The molecular weight excluding hydrogens is 292 g/mol. The zero-order valence-corrected chi connectivity index (χ0v) is 13.1. The van der Waals surface area contributed by atoms with Crippen molar-refractivity contribution in [1.29, 1.82) is 0 Å². The minimum atomic E-state index is 0.362. The number of halogens is 1. The summed E-state index contributed by atoms with van der Waals surface area (Å²) in [5, 5.41) is 8.31. The van der Waals surface area contributed by atoms with Gasteiger partial charge in [-0.25, -0.2) is 9.67 Å². The fraction of sp³-hybridized carbons (Fsp3) is 0.538. The molecule has 0 N–H and O–H groups in total. The van der Waals surface area contributed by atoms with Gasteiger partial charge in [0.25, 0.3) is 0 Å². The molecule has 0 fully saturated rings. The molecule has 0 aromatic carbocycles. The second kappa shape index (κ2) is 5.48. The van der Waals surface area contributed by atoms with E-state index in [0.29, 0.717) is 30.6 Å². The summed E-state index contributed by atoms with van der Waals surface area (Å²) in [7, 11) is 0. The van der Waals surface area contributed by atoms with Gasteiger partial charge in [0.15, 0.2) is 11.5 Å². The molecule has 0 aliphatic carbocycles. The molecule has 7 nitrogen and oxygen atoms in total. The number of hydrogen-bond acceptors (Lipinski definition) is 5. The molecule has 3 aromatic heterocycles. The Balaban J connectivity index is 1.99. The molecule has 0 bridgehead atoms. The monoisotopic (exact) mass is 308 g/mol. The van der Waals surface area contributed by atoms with Crippen molar-refractivity contribution in [2.75, 3.05) is 0 Å². The molecule has 0 atom stereocenters. The third kappa shape index (κ3) is 2.42. The van der Waals surface area contributed by atoms with Crippen molar-refractivity contribution >= 4 is 22.8 Å². The Morgan fingerprint density at radius 2 is 2.05 bits per heavy atom. The average molecular weight is 309 g/mol. The fourth-order valence-electron chi connectivity index (χ4n) is 2.48. The fourth-order valence-corrected chi connectivity index (χ4v) is 2.68. The molecule has 8 heteroatoms. The normalized spacial score (nSPS) is 11.6. The van der Waals surface area contributed by atoms with Gasteiger partial charge in [0.1, 0.15) is 11.3 Å². The van der Waals surface area contributed by atoms with Gasteiger partial charge in [-0.1, -0.05) is 5.16 Å². The number of aromatic nitrogens is 6. The van der Waals surface area contributed by atoms with Crippen molar-refractivity contribution in [2.24, 2.45) is 0 Å². The highest BCUT2D eigenvalue weighted by Gasteiger charge is 2.18. The van der Waals surface area contributed by atoms with E-state index in [1.165, 1.54) is 0 Å². The molecular formula is C13H17ClN6O. The van der Waals surface area contributed by atoms with Gasteiger partial charge in [0, 0.05) is 19.5 Å². The van der Waals surface area contributed by atoms with Gasteiger partial charge >= 0.3 is 0 Å². The number of aryl methyl sites for hydroxylation is 5. The van der Waals surface area contributed by atoms with E-state index in [4.69, 9.17) is 16.1 Å². The van der Waals surface area contributed by atoms with Crippen molar-refractivity contribution < 1.29 is 4.52 Å². The van der Waals surface area contributed by atoms with E-state index in [9.17, 15) is 0 Å². The molecule has 3 heterocycles. The van der Waals surface area contributed by atoms with Crippen LogP contribution in [-0.4, -0.2) is 29.5 Å². The Morgan fingerprint density at radius 1 is 1.24 bits per heavy atom. The maximum absolute atomic E-state index is 6.03. The highest BCUT2D eigenvalue weighted by molar-refractivity contribution is 6.16. The van der Waals surface area contributed by atoms with Crippen LogP contribution in [0.3, 0.4) is 0 Å². The van der Waals surface area contributed by atoms with Crippen molar-refractivity contribution in [3.63, 3.8) is 0 Å². The first-order valence-electron chi connectivity index (χ1n) is 6.91. The summed E-state index contributed by atoms with van der Waals surface area (Å²) in [5.41, 5.74) is 2.83. The first kappa shape index (κ1) is 14.1. The summed E-state index contributed by atoms with van der Waals surface area (Å²) < 4.78 is 9.20. The summed E-state index contributed by atoms with van der Waals surface area (Å²) in [5.74, 6) is 2.47. The Morgan fingerprint density at radius 3 is 2.67 bits per heavy atom. The molecule has 112 valence electrons. The summed E-state index contributed by atoms with van der Waals surface area (Å²) in [6.07, 6.45) is 0.643. The van der Waals surface area contributed by atoms with Crippen molar-refractivity contribution in [1.82, 2.24) is 29.5 Å². The number of nitrogens with zero attached hydrogens (tertiary/aromatic N) is 6. The van der Waals surface area contributed by atoms with Gasteiger partial charge in [0.05, 0.1) is 11.6 Å². The van der Waals surface area contributed by atoms with Crippen LogP contribution in [0.2, 0.25) is 0 Å². The molecule has 0 aliphatic rings. The molecule has 3 rings (SSSR count). The van der Waals surface area contributed by atoms with E-state index >= 15 is 0 Å². The highest BCUT2D eigenvalue weighted by Crippen LogP contribution is 2.21. The van der Waals surface area contributed by atoms with Crippen molar-refractivity contribution in [2.45, 2.75) is 46.2 Å². The number of fused-ring (bicyclic) bond motifs is 1. The lowest BCUT2D eigenvalue weighted by atomic mass is 10.4. The van der Waals surface area contributed by atoms with E-state index < -0.39 is 0 Å². The Bertz CT molecular complexity index is 771. The second-order valence-electron chi connectivity index (χ2n) is 4.87. The van der Waals surface area contributed by atoms with E-state index in [2.05, 4.69) is 31.7 Å². The highest BCUT2D eigenvalue weighted by atomic mass is 35.5. The van der Waals surface area contributed by atoms with E-state index in [1.807, 2.05) is 18.5 Å². The first-order chi connectivity index (χ1) is 10.1. The Hall–Kier alpha value is -1.89. The summed E-state index contributed by atoms with van der Waals surface area (Å²) in [6.45, 7) is 7.31. The molecule has 0 saturated carbocycles. The topological polar surface area (TPSA) is 74.6 Å². The predicted octanol–water partition coefficient (Wildman–Crippen LogP) is 2.23. The van der Waals surface area contributed by atoms with Crippen LogP contribution in [0.25, 0.3) is 11.2 Å². The minimum absolute atomic E-state index is 0.362. The average Bonchev–Trinajstić information content (AvgIpc) is 3.12. The lowest BCUT2D eigenvalue weighted by molar-refractivity contribution is 0.368. The van der Waals surface area contributed by atoms with Gasteiger partial charge in [-0.15, -0.1) is 11.6 Å². The third-order valence-electron chi connectivity index (χ3n) is 3.42.